The van der Waals surface area contributed by atoms with Gasteiger partial charge in [-0.15, -0.1) is 0 Å². The maximum absolute atomic E-state index is 10.4. The second kappa shape index (κ2) is 18.1. The van der Waals surface area contributed by atoms with E-state index in [0.717, 1.165) is 6.42 Å². The molecule has 0 heterocycles. The molecule has 0 radical (unpaired) electrons. The first-order valence-corrected chi connectivity index (χ1v) is 9.12. The summed E-state index contributed by atoms with van der Waals surface area (Å²) in [6.45, 7) is 2.17. The van der Waals surface area contributed by atoms with Crippen LogP contribution in [0.1, 0.15) is 58.3 Å². The van der Waals surface area contributed by atoms with Crippen molar-refractivity contribution in [2.24, 2.45) is 0 Å². The molecule has 0 fully saturated rings. The van der Waals surface area contributed by atoms with Crippen molar-refractivity contribution in [3.8, 4) is 0 Å². The van der Waals surface area contributed by atoms with Crippen LogP contribution in [0.3, 0.4) is 0 Å². The van der Waals surface area contributed by atoms with Crippen molar-refractivity contribution in [2.75, 3.05) is 0 Å². The van der Waals surface area contributed by atoms with Crippen LogP contribution in [0, 0.1) is 0 Å². The molecule has 3 N–H and O–H groups in total. The van der Waals surface area contributed by atoms with Crippen molar-refractivity contribution in [1.82, 2.24) is 0 Å². The molecule has 0 aliphatic rings. The minimum Gasteiger partial charge on any atom is -0.481 e. The molecule has 0 bridgehead atoms. The van der Waals surface area contributed by atoms with Crippen molar-refractivity contribution < 1.29 is 30.2 Å². The lowest BCUT2D eigenvalue weighted by Crippen LogP contribution is -2.08. The summed E-state index contributed by atoms with van der Waals surface area (Å²) < 4.78 is 0. The van der Waals surface area contributed by atoms with E-state index in [2.05, 4.69) is 22.8 Å². The summed E-state index contributed by atoms with van der Waals surface area (Å²) in [5.41, 5.74) is 0. The van der Waals surface area contributed by atoms with Gasteiger partial charge >= 0.3 is 5.97 Å². The first-order chi connectivity index (χ1) is 12.6. The SMILES string of the molecule is CCCCC/C=C\CC(/C=C/C=C\C=C\C(CCCC(=O)O)OO)OO. The Hall–Kier alpha value is -1.73. The van der Waals surface area contributed by atoms with Crippen molar-refractivity contribution in [3.63, 3.8) is 0 Å². The van der Waals surface area contributed by atoms with Crippen LogP contribution in [0.15, 0.2) is 48.6 Å². The van der Waals surface area contributed by atoms with Crippen LogP contribution in [0.4, 0.5) is 0 Å². The topological polar surface area (TPSA) is 96.2 Å². The lowest BCUT2D eigenvalue weighted by Gasteiger charge is -2.06. The van der Waals surface area contributed by atoms with E-state index in [1.165, 1.54) is 19.3 Å². The number of carboxylic acids is 1. The molecule has 26 heavy (non-hydrogen) atoms. The maximum atomic E-state index is 10.4. The molecule has 0 aromatic heterocycles. The highest BCUT2D eigenvalue weighted by Gasteiger charge is 2.05. The Labute approximate surface area is 156 Å². The molecule has 0 saturated heterocycles. The predicted molar refractivity (Wildman–Crippen MR) is 102 cm³/mol. The van der Waals surface area contributed by atoms with E-state index >= 15 is 0 Å². The van der Waals surface area contributed by atoms with Gasteiger partial charge in [-0.05, 0) is 32.1 Å². The van der Waals surface area contributed by atoms with Gasteiger partial charge in [-0.1, -0.05) is 68.4 Å². The highest BCUT2D eigenvalue weighted by atomic mass is 17.1. The zero-order valence-electron chi connectivity index (χ0n) is 15.5. The fourth-order valence-corrected chi connectivity index (χ4v) is 2.16. The molecule has 148 valence electrons. The molecule has 0 spiro atoms. The van der Waals surface area contributed by atoms with Gasteiger partial charge in [-0.2, -0.15) is 0 Å². The van der Waals surface area contributed by atoms with Crippen LogP contribution in [-0.2, 0) is 14.6 Å². The summed E-state index contributed by atoms with van der Waals surface area (Å²) in [4.78, 5) is 19.1. The minimum absolute atomic E-state index is 0.0435. The van der Waals surface area contributed by atoms with Crippen LogP contribution >= 0.6 is 0 Å². The molecule has 0 saturated carbocycles. The molecule has 0 aliphatic carbocycles. The second-order valence-electron chi connectivity index (χ2n) is 5.93. The molecule has 0 rings (SSSR count). The van der Waals surface area contributed by atoms with E-state index in [4.69, 9.17) is 15.6 Å². The van der Waals surface area contributed by atoms with E-state index in [0.29, 0.717) is 19.3 Å². The number of aliphatic carboxylic acids is 1. The third-order valence-corrected chi connectivity index (χ3v) is 3.64. The average Bonchev–Trinajstić information content (AvgIpc) is 2.63. The van der Waals surface area contributed by atoms with Gasteiger partial charge < -0.3 is 5.11 Å². The Morgan fingerprint density at radius 1 is 0.923 bits per heavy atom. The highest BCUT2D eigenvalue weighted by molar-refractivity contribution is 5.66. The lowest BCUT2D eigenvalue weighted by atomic mass is 10.1. The molecular weight excluding hydrogens is 336 g/mol. The third kappa shape index (κ3) is 15.8. The fraction of sp³-hybridized carbons (Fsp3) is 0.550. The standard InChI is InChI=1S/C20H32O6/c1-2-3-4-5-6-9-13-18(25-23)14-10-7-8-11-15-19(26-24)16-12-17-20(21)22/h6-11,14-15,18-19,23-24H,2-5,12-13,16-17H2,1H3,(H,21,22)/b8-7-,9-6-,14-10+,15-11+. The monoisotopic (exact) mass is 368 g/mol. The molecule has 0 aliphatic heterocycles. The number of carboxylic acid groups (broad SMARTS) is 1. The predicted octanol–water partition coefficient (Wildman–Crippen LogP) is 5.15. The first kappa shape index (κ1) is 24.3. The molecule has 2 atom stereocenters. The number of allylic oxidation sites excluding steroid dienone is 5. The number of unbranched alkanes of at least 4 members (excludes halogenated alkanes) is 3. The Morgan fingerprint density at radius 2 is 1.58 bits per heavy atom. The Morgan fingerprint density at radius 3 is 2.15 bits per heavy atom. The van der Waals surface area contributed by atoms with Gasteiger partial charge in [-0.3, -0.25) is 15.3 Å². The lowest BCUT2D eigenvalue weighted by molar-refractivity contribution is -0.267. The minimum atomic E-state index is -0.868. The molecule has 0 amide bonds. The van der Waals surface area contributed by atoms with Crippen LogP contribution in [0.25, 0.3) is 0 Å². The number of rotatable bonds is 16. The summed E-state index contributed by atoms with van der Waals surface area (Å²) >= 11 is 0. The normalized spacial score (nSPS) is 14.9. The highest BCUT2D eigenvalue weighted by Crippen LogP contribution is 2.06. The molecule has 6 heteroatoms. The largest absolute Gasteiger partial charge is 0.481 e. The fourth-order valence-electron chi connectivity index (χ4n) is 2.16. The van der Waals surface area contributed by atoms with E-state index in [1.54, 1.807) is 36.5 Å². The van der Waals surface area contributed by atoms with E-state index < -0.39 is 18.2 Å². The quantitative estimate of drug-likeness (QED) is 0.115. The Bertz CT molecular complexity index is 453. The van der Waals surface area contributed by atoms with Crippen molar-refractivity contribution in [3.05, 3.63) is 48.6 Å². The van der Waals surface area contributed by atoms with Crippen molar-refractivity contribution in [2.45, 2.75) is 70.5 Å². The molecule has 6 nitrogen and oxygen atoms in total. The van der Waals surface area contributed by atoms with Gasteiger partial charge in [0.1, 0.15) is 12.2 Å². The van der Waals surface area contributed by atoms with Crippen molar-refractivity contribution >= 4 is 5.97 Å². The van der Waals surface area contributed by atoms with Gasteiger partial charge in [0, 0.05) is 6.42 Å². The zero-order valence-corrected chi connectivity index (χ0v) is 15.5. The van der Waals surface area contributed by atoms with Crippen molar-refractivity contribution in [1.29, 1.82) is 0 Å². The van der Waals surface area contributed by atoms with E-state index in [1.807, 2.05) is 6.08 Å². The molecule has 2 unspecified atom stereocenters. The summed E-state index contributed by atoms with van der Waals surface area (Å²) in [5.74, 6) is -0.868. The second-order valence-corrected chi connectivity index (χ2v) is 5.93. The van der Waals surface area contributed by atoms with Crippen LogP contribution < -0.4 is 0 Å². The smallest absolute Gasteiger partial charge is 0.303 e. The van der Waals surface area contributed by atoms with Gasteiger partial charge in [0.15, 0.2) is 0 Å². The summed E-state index contributed by atoms with van der Waals surface area (Å²) in [6, 6.07) is 0. The van der Waals surface area contributed by atoms with Gasteiger partial charge in [-0.25, -0.2) is 9.78 Å². The maximum Gasteiger partial charge on any atom is 0.303 e. The number of carbonyl (C=O) groups is 1. The molecular formula is C20H32O6. The number of hydrogen-bond donors (Lipinski definition) is 3. The third-order valence-electron chi connectivity index (χ3n) is 3.64. The molecule has 0 aromatic carbocycles. The molecule has 0 aromatic rings. The van der Waals surface area contributed by atoms with Gasteiger partial charge in [0.25, 0.3) is 0 Å². The average molecular weight is 368 g/mol. The van der Waals surface area contributed by atoms with Gasteiger partial charge in [0.05, 0.1) is 0 Å². The van der Waals surface area contributed by atoms with E-state index in [-0.39, 0.29) is 6.42 Å². The van der Waals surface area contributed by atoms with E-state index in [9.17, 15) is 4.79 Å². The summed E-state index contributed by atoms with van der Waals surface area (Å²) in [7, 11) is 0. The van der Waals surface area contributed by atoms with Crippen LogP contribution in [0.5, 0.6) is 0 Å². The van der Waals surface area contributed by atoms with Crippen LogP contribution in [0.2, 0.25) is 0 Å². The zero-order chi connectivity index (χ0) is 19.5. The Kier molecular flexibility index (Phi) is 16.9. The number of hydrogen-bond acceptors (Lipinski definition) is 5. The summed E-state index contributed by atoms with van der Waals surface area (Å²) in [6.07, 6.45) is 19.7. The first-order valence-electron chi connectivity index (χ1n) is 9.12. The Balaban J connectivity index is 4.11. The van der Waals surface area contributed by atoms with Crippen LogP contribution in [-0.4, -0.2) is 33.8 Å². The van der Waals surface area contributed by atoms with Gasteiger partial charge in [0.2, 0.25) is 0 Å². The summed E-state index contributed by atoms with van der Waals surface area (Å²) in [5, 5.41) is 26.2.